The quantitative estimate of drug-likeness (QED) is 0.325. The predicted molar refractivity (Wildman–Crippen MR) is 121 cm³/mol. The van der Waals surface area contributed by atoms with Gasteiger partial charge in [-0.25, -0.2) is 4.98 Å². The molecular weight excluding hydrogens is 496 g/mol. The van der Waals surface area contributed by atoms with Crippen LogP contribution in [0.15, 0.2) is 69.7 Å². The third kappa shape index (κ3) is 4.09. The summed E-state index contributed by atoms with van der Waals surface area (Å²) in [7, 11) is 0. The van der Waals surface area contributed by atoms with Gasteiger partial charge in [-0.2, -0.15) is 10.2 Å². The number of aromatic nitrogens is 2. The Balaban J connectivity index is 1.64. The largest absolute Gasteiger partial charge is 0.437 e. The number of hydrogen-bond donors (Lipinski definition) is 1. The first-order valence-electron chi connectivity index (χ1n) is 8.70. The molecule has 1 N–H and O–H groups in total. The second-order valence-electron chi connectivity index (χ2n) is 6.31. The molecule has 7 heteroatoms. The molecule has 0 radical (unpaired) electrons. The summed E-state index contributed by atoms with van der Waals surface area (Å²) in [5.41, 5.74) is 2.20. The number of nitriles is 1. The van der Waals surface area contributed by atoms with Crippen molar-refractivity contribution in [3.8, 4) is 17.7 Å². The number of benzene rings is 3. The van der Waals surface area contributed by atoms with Crippen molar-refractivity contribution >= 4 is 54.3 Å². The zero-order valence-corrected chi connectivity index (χ0v) is 18.5. The van der Waals surface area contributed by atoms with Gasteiger partial charge in [0, 0.05) is 27.3 Å². The summed E-state index contributed by atoms with van der Waals surface area (Å²) in [6.45, 7) is 1.90. The van der Waals surface area contributed by atoms with Crippen molar-refractivity contribution in [1.29, 1.82) is 5.26 Å². The molecule has 0 atom stereocenters. The van der Waals surface area contributed by atoms with Crippen molar-refractivity contribution in [2.75, 3.05) is 5.32 Å². The highest BCUT2D eigenvalue weighted by Gasteiger charge is 2.12. The second-order valence-corrected chi connectivity index (χ2v) is 7.96. The van der Waals surface area contributed by atoms with Crippen LogP contribution in [-0.4, -0.2) is 9.97 Å². The van der Waals surface area contributed by atoms with Crippen LogP contribution < -0.4 is 10.1 Å². The van der Waals surface area contributed by atoms with Gasteiger partial charge in [0.2, 0.25) is 11.8 Å². The number of hydrogen-bond acceptors (Lipinski definition) is 5. The van der Waals surface area contributed by atoms with E-state index in [2.05, 4.69) is 53.2 Å². The lowest BCUT2D eigenvalue weighted by atomic mass is 10.1. The lowest BCUT2D eigenvalue weighted by molar-refractivity contribution is 0.456. The Kier molecular flexibility index (Phi) is 5.47. The molecule has 4 rings (SSSR count). The standard InChI is InChI=1S/C22H14Br2N4O/c1-13-12-26-22(27-15-7-5-14(11-25)6-8-15)28-21(13)29-19-10-9-16-17(20(19)24)3-2-4-18(16)23/h2-10,12H,1H3,(H,26,27,28). The molecule has 0 aliphatic heterocycles. The number of rotatable bonds is 4. The number of aryl methyl sites for hydroxylation is 1. The van der Waals surface area contributed by atoms with Crippen molar-refractivity contribution in [1.82, 2.24) is 9.97 Å². The molecule has 5 nitrogen and oxygen atoms in total. The van der Waals surface area contributed by atoms with Gasteiger partial charge in [-0.3, -0.25) is 0 Å². The van der Waals surface area contributed by atoms with Gasteiger partial charge < -0.3 is 10.1 Å². The smallest absolute Gasteiger partial charge is 0.230 e. The van der Waals surface area contributed by atoms with Crippen molar-refractivity contribution in [3.05, 3.63) is 80.9 Å². The molecule has 0 bridgehead atoms. The van der Waals surface area contributed by atoms with Crippen LogP contribution in [0.2, 0.25) is 0 Å². The fourth-order valence-corrected chi connectivity index (χ4v) is 3.85. The Labute approximate surface area is 184 Å². The molecule has 142 valence electrons. The molecule has 0 fully saturated rings. The summed E-state index contributed by atoms with van der Waals surface area (Å²) in [5, 5.41) is 14.2. The predicted octanol–water partition coefficient (Wildman–Crippen LogP) is 6.87. The van der Waals surface area contributed by atoms with Crippen molar-refractivity contribution in [2.45, 2.75) is 6.92 Å². The molecule has 0 saturated heterocycles. The first kappa shape index (κ1) is 19.4. The van der Waals surface area contributed by atoms with Crippen LogP contribution in [0.1, 0.15) is 11.1 Å². The molecule has 0 aliphatic carbocycles. The maximum absolute atomic E-state index is 8.91. The lowest BCUT2D eigenvalue weighted by Crippen LogP contribution is -2.00. The highest BCUT2D eigenvalue weighted by Crippen LogP contribution is 2.38. The minimum atomic E-state index is 0.412. The van der Waals surface area contributed by atoms with Gasteiger partial charge in [-0.1, -0.05) is 28.1 Å². The molecular formula is C22H14Br2N4O. The average Bonchev–Trinajstić information content (AvgIpc) is 2.73. The summed E-state index contributed by atoms with van der Waals surface area (Å²) in [5.74, 6) is 1.54. The number of nitrogens with zero attached hydrogens (tertiary/aromatic N) is 3. The maximum atomic E-state index is 8.91. The van der Waals surface area contributed by atoms with Gasteiger partial charge in [0.05, 0.1) is 16.1 Å². The van der Waals surface area contributed by atoms with E-state index in [0.717, 1.165) is 31.0 Å². The van der Waals surface area contributed by atoms with E-state index in [4.69, 9.17) is 10.00 Å². The number of anilines is 2. The summed E-state index contributed by atoms with van der Waals surface area (Å²) in [6.07, 6.45) is 1.71. The van der Waals surface area contributed by atoms with Crippen LogP contribution in [0, 0.1) is 18.3 Å². The summed E-state index contributed by atoms with van der Waals surface area (Å²) in [6, 6.07) is 19.1. The Bertz CT molecular complexity index is 1250. The Morgan fingerprint density at radius 3 is 2.55 bits per heavy atom. The first-order valence-corrected chi connectivity index (χ1v) is 10.3. The maximum Gasteiger partial charge on any atom is 0.230 e. The fourth-order valence-electron chi connectivity index (χ4n) is 2.79. The van der Waals surface area contributed by atoms with E-state index in [1.165, 1.54) is 0 Å². The molecule has 0 unspecified atom stereocenters. The minimum absolute atomic E-state index is 0.412. The van der Waals surface area contributed by atoms with E-state index in [-0.39, 0.29) is 0 Å². The highest BCUT2D eigenvalue weighted by molar-refractivity contribution is 9.11. The number of fused-ring (bicyclic) bond motifs is 1. The van der Waals surface area contributed by atoms with E-state index < -0.39 is 0 Å². The number of ether oxygens (including phenoxy) is 1. The Morgan fingerprint density at radius 2 is 1.79 bits per heavy atom. The molecule has 29 heavy (non-hydrogen) atoms. The van der Waals surface area contributed by atoms with Gasteiger partial charge in [-0.15, -0.1) is 0 Å². The van der Waals surface area contributed by atoms with Crippen LogP contribution >= 0.6 is 31.9 Å². The molecule has 1 aromatic heterocycles. The topological polar surface area (TPSA) is 70.8 Å². The fraction of sp³-hybridized carbons (Fsp3) is 0.0455. The van der Waals surface area contributed by atoms with Gasteiger partial charge in [0.25, 0.3) is 0 Å². The van der Waals surface area contributed by atoms with Crippen LogP contribution in [-0.2, 0) is 0 Å². The van der Waals surface area contributed by atoms with Gasteiger partial charge in [0.15, 0.2) is 0 Å². The molecule has 4 aromatic rings. The minimum Gasteiger partial charge on any atom is -0.437 e. The molecule has 1 heterocycles. The van der Waals surface area contributed by atoms with Crippen molar-refractivity contribution in [3.63, 3.8) is 0 Å². The van der Waals surface area contributed by atoms with Crippen molar-refractivity contribution < 1.29 is 4.74 Å². The molecule has 0 spiro atoms. The number of halogens is 2. The third-order valence-corrected chi connectivity index (χ3v) is 5.82. The molecule has 0 aliphatic rings. The van der Waals surface area contributed by atoms with Gasteiger partial charge >= 0.3 is 0 Å². The summed E-state index contributed by atoms with van der Waals surface area (Å²) in [4.78, 5) is 8.82. The Morgan fingerprint density at radius 1 is 1.00 bits per heavy atom. The van der Waals surface area contributed by atoms with Crippen LogP contribution in [0.4, 0.5) is 11.6 Å². The average molecular weight is 510 g/mol. The highest BCUT2D eigenvalue weighted by atomic mass is 79.9. The Hall–Kier alpha value is -2.95. The van der Waals surface area contributed by atoms with Gasteiger partial charge in [0.1, 0.15) is 5.75 Å². The van der Waals surface area contributed by atoms with E-state index >= 15 is 0 Å². The third-order valence-electron chi connectivity index (χ3n) is 4.31. The summed E-state index contributed by atoms with van der Waals surface area (Å²) >= 11 is 7.23. The van der Waals surface area contributed by atoms with E-state index in [9.17, 15) is 0 Å². The van der Waals surface area contributed by atoms with E-state index in [1.54, 1.807) is 30.5 Å². The molecule has 3 aromatic carbocycles. The first-order chi connectivity index (χ1) is 14.0. The summed E-state index contributed by atoms with van der Waals surface area (Å²) < 4.78 is 7.99. The molecule has 0 amide bonds. The SMILES string of the molecule is Cc1cnc(Nc2ccc(C#N)cc2)nc1Oc1ccc2c(Br)cccc2c1Br. The van der Waals surface area contributed by atoms with Crippen molar-refractivity contribution in [2.24, 2.45) is 0 Å². The second kappa shape index (κ2) is 8.19. The monoisotopic (exact) mass is 508 g/mol. The van der Waals surface area contributed by atoms with Crippen LogP contribution in [0.3, 0.4) is 0 Å². The van der Waals surface area contributed by atoms with E-state index in [1.807, 2.05) is 37.3 Å². The van der Waals surface area contributed by atoms with E-state index in [0.29, 0.717) is 23.1 Å². The zero-order valence-electron chi connectivity index (χ0n) is 15.3. The lowest BCUT2D eigenvalue weighted by Gasteiger charge is -2.13. The van der Waals surface area contributed by atoms with Gasteiger partial charge in [-0.05, 0) is 70.7 Å². The van der Waals surface area contributed by atoms with Crippen LogP contribution in [0.5, 0.6) is 11.6 Å². The number of nitrogens with one attached hydrogen (secondary N) is 1. The molecule has 0 saturated carbocycles. The van der Waals surface area contributed by atoms with Crippen LogP contribution in [0.25, 0.3) is 10.8 Å². The normalized spacial score (nSPS) is 10.6. The zero-order chi connectivity index (χ0) is 20.4.